The van der Waals surface area contributed by atoms with Crippen molar-refractivity contribution in [1.29, 1.82) is 0 Å². The van der Waals surface area contributed by atoms with Crippen LogP contribution in [-0.2, 0) is 9.13 Å². The third kappa shape index (κ3) is 9.52. The van der Waals surface area contributed by atoms with Crippen molar-refractivity contribution in [2.45, 2.75) is 38.0 Å². The van der Waals surface area contributed by atoms with Gasteiger partial charge < -0.3 is 28.7 Å². The molecule has 144 valence electrons. The topological polar surface area (TPSA) is 126 Å². The number of hydrogen-bond acceptors (Lipinski definition) is 6. The molecule has 0 heterocycles. The molecule has 2 aromatic rings. The normalized spacial score (nSPS) is 13.1. The molecule has 0 spiro atoms. The summed E-state index contributed by atoms with van der Waals surface area (Å²) in [5.74, 6) is 0. The summed E-state index contributed by atoms with van der Waals surface area (Å²) in [5, 5.41) is 0. The van der Waals surface area contributed by atoms with Gasteiger partial charge in [0.2, 0.25) is 0 Å². The average Bonchev–Trinajstić information content (AvgIpc) is 2.56. The minimum Gasteiger partial charge on any atom is -0.810 e. The predicted octanol–water partition coefficient (Wildman–Crippen LogP) is 1.34. The molecular formula is C18H22Be2O6P2. The molecule has 2 unspecified atom stereocenters. The molecular weight excluding hydrogens is 392 g/mol. The average molecular weight is 414 g/mol. The van der Waals surface area contributed by atoms with Gasteiger partial charge in [-0.05, 0) is 24.0 Å². The number of benzene rings is 2. The predicted molar refractivity (Wildman–Crippen MR) is 106 cm³/mol. The summed E-state index contributed by atoms with van der Waals surface area (Å²) in [6, 6.07) is 17.1. The molecule has 0 aromatic heterocycles. The molecule has 0 aliphatic heterocycles. The van der Waals surface area contributed by atoms with Crippen molar-refractivity contribution in [2.24, 2.45) is 0 Å². The van der Waals surface area contributed by atoms with Gasteiger partial charge in [-0.1, -0.05) is 89.7 Å². The van der Waals surface area contributed by atoms with Crippen LogP contribution in [0.4, 0.5) is 0 Å². The minimum atomic E-state index is -4.50. The molecule has 6 nitrogen and oxygen atoms in total. The zero-order valence-electron chi connectivity index (χ0n) is 16.1. The summed E-state index contributed by atoms with van der Waals surface area (Å²) in [6.45, 7) is 3.39. The molecule has 0 radical (unpaired) electrons. The molecule has 2 aromatic carbocycles. The molecule has 0 N–H and O–H groups in total. The molecule has 0 aliphatic carbocycles. The molecule has 28 heavy (non-hydrogen) atoms. The second-order valence-electron chi connectivity index (χ2n) is 5.75. The van der Waals surface area contributed by atoms with Crippen molar-refractivity contribution in [3.8, 4) is 0 Å². The van der Waals surface area contributed by atoms with Crippen LogP contribution in [0.3, 0.4) is 0 Å². The fourth-order valence-corrected chi connectivity index (χ4v) is 4.60. The van der Waals surface area contributed by atoms with E-state index >= 15 is 0 Å². The van der Waals surface area contributed by atoms with Gasteiger partial charge in [0.15, 0.2) is 0 Å². The molecule has 0 saturated heterocycles. The maximum Gasteiger partial charge on any atom is 2.00 e. The minimum absolute atomic E-state index is 0. The van der Waals surface area contributed by atoms with E-state index in [1.807, 2.05) is 0 Å². The zero-order chi connectivity index (χ0) is 19.8. The van der Waals surface area contributed by atoms with Crippen LogP contribution in [0.5, 0.6) is 0 Å². The van der Waals surface area contributed by atoms with E-state index in [1.54, 1.807) is 74.5 Å². The number of rotatable bonds is 6. The third-order valence-corrected chi connectivity index (χ3v) is 6.76. The van der Waals surface area contributed by atoms with Crippen molar-refractivity contribution in [3.63, 3.8) is 0 Å². The smallest absolute Gasteiger partial charge is 0.810 e. The van der Waals surface area contributed by atoms with E-state index in [0.29, 0.717) is 24.0 Å². The summed E-state index contributed by atoms with van der Waals surface area (Å²) in [6.07, 6.45) is 0.655. The van der Waals surface area contributed by atoms with E-state index in [4.69, 9.17) is 0 Å². The fourth-order valence-electron chi connectivity index (χ4n) is 2.63. The molecule has 0 bridgehead atoms. The zero-order valence-corrected chi connectivity index (χ0v) is 17.9. The van der Waals surface area contributed by atoms with E-state index in [2.05, 4.69) is 0 Å². The quantitative estimate of drug-likeness (QED) is 0.519. The summed E-state index contributed by atoms with van der Waals surface area (Å²) < 4.78 is 21.7. The largest absolute Gasteiger partial charge is 2.00 e. The Labute approximate surface area is 174 Å². The van der Waals surface area contributed by atoms with Gasteiger partial charge in [-0.2, -0.15) is 0 Å². The van der Waals surface area contributed by atoms with E-state index in [9.17, 15) is 28.7 Å². The second kappa shape index (κ2) is 13.3. The number of hydrogen-bond donors (Lipinski definition) is 0. The summed E-state index contributed by atoms with van der Waals surface area (Å²) in [5.41, 5.74) is -0.598. The van der Waals surface area contributed by atoms with Crippen LogP contribution in [0.2, 0.25) is 0 Å². The SMILES string of the molecule is CCC(c1ccccc1)P(=O)([O-])[O-].CCC(c1ccccc1)P(=O)([O-])[O-].[Be+2].[Be+2]. The molecule has 2 atom stereocenters. The Morgan fingerprint density at radius 3 is 1.07 bits per heavy atom. The van der Waals surface area contributed by atoms with E-state index in [-0.39, 0.29) is 20.2 Å². The van der Waals surface area contributed by atoms with Gasteiger partial charge in [-0.25, -0.2) is 0 Å². The van der Waals surface area contributed by atoms with Crippen molar-refractivity contribution < 1.29 is 28.7 Å². The maximum absolute atomic E-state index is 10.8. The third-order valence-electron chi connectivity index (χ3n) is 3.91. The van der Waals surface area contributed by atoms with Crippen molar-refractivity contribution in [1.82, 2.24) is 0 Å². The Morgan fingerprint density at radius 1 is 0.643 bits per heavy atom. The van der Waals surface area contributed by atoms with Crippen LogP contribution in [0.15, 0.2) is 60.7 Å². The standard InChI is InChI=1S/2C9H13O3P.2Be/c2*1-2-9(13(10,11)12)8-6-4-3-5-7-8;;/h2*3-7,9H,2H2,1H3,(H2,10,11,12);;/q;;2*+2/p-4. The second-order valence-corrected chi connectivity index (χ2v) is 9.16. The van der Waals surface area contributed by atoms with Crippen LogP contribution in [0.25, 0.3) is 0 Å². The van der Waals surface area contributed by atoms with Crippen LogP contribution >= 0.6 is 15.2 Å². The van der Waals surface area contributed by atoms with E-state index in [1.165, 1.54) is 0 Å². The van der Waals surface area contributed by atoms with Crippen molar-refractivity contribution >= 4 is 35.4 Å². The maximum atomic E-state index is 10.8. The Kier molecular flexibility index (Phi) is 13.9. The molecule has 10 heteroatoms. The van der Waals surface area contributed by atoms with E-state index in [0.717, 1.165) is 0 Å². The van der Waals surface area contributed by atoms with Crippen LogP contribution in [-0.4, -0.2) is 20.2 Å². The van der Waals surface area contributed by atoms with Gasteiger partial charge in [0.05, 0.1) is 0 Å². The molecule has 0 aliphatic rings. The van der Waals surface area contributed by atoms with Gasteiger partial charge in [0, 0.05) is 11.3 Å². The van der Waals surface area contributed by atoms with Gasteiger partial charge in [-0.15, -0.1) is 0 Å². The van der Waals surface area contributed by atoms with Crippen LogP contribution in [0.1, 0.15) is 49.1 Å². The summed E-state index contributed by atoms with van der Waals surface area (Å²) in [4.78, 5) is 43.3. The van der Waals surface area contributed by atoms with Crippen molar-refractivity contribution in [3.05, 3.63) is 71.8 Å². The van der Waals surface area contributed by atoms with Crippen molar-refractivity contribution in [2.75, 3.05) is 0 Å². The Morgan fingerprint density at radius 2 is 0.893 bits per heavy atom. The fraction of sp³-hybridized carbons (Fsp3) is 0.333. The first-order valence-electron chi connectivity index (χ1n) is 8.24. The Bertz CT molecular complexity index is 684. The molecule has 2 rings (SSSR count). The first-order valence-corrected chi connectivity index (χ1v) is 11.5. The Hall–Kier alpha value is -0.922. The summed E-state index contributed by atoms with van der Waals surface area (Å²) >= 11 is 0. The van der Waals surface area contributed by atoms with Gasteiger partial charge in [0.1, 0.15) is 0 Å². The van der Waals surface area contributed by atoms with Gasteiger partial charge in [0.25, 0.3) is 0 Å². The Balaban J connectivity index is 0. The molecule has 0 saturated carbocycles. The van der Waals surface area contributed by atoms with Crippen LogP contribution < -0.4 is 19.6 Å². The van der Waals surface area contributed by atoms with Crippen LogP contribution in [0, 0.1) is 0 Å². The van der Waals surface area contributed by atoms with Gasteiger partial charge in [-0.3, -0.25) is 0 Å². The first-order chi connectivity index (χ1) is 12.1. The first kappa shape index (κ1) is 29.3. The summed E-state index contributed by atoms with van der Waals surface area (Å²) in [7, 11) is -9.00. The monoisotopic (exact) mass is 414 g/mol. The van der Waals surface area contributed by atoms with E-state index < -0.39 is 26.5 Å². The molecule has 0 amide bonds. The molecule has 0 fully saturated rings. The van der Waals surface area contributed by atoms with Gasteiger partial charge >= 0.3 is 20.2 Å².